The molecule has 0 bridgehead atoms. The van der Waals surface area contributed by atoms with E-state index in [-0.39, 0.29) is 0 Å². The van der Waals surface area contributed by atoms with Gasteiger partial charge in [-0.15, -0.1) is 0 Å². The van der Waals surface area contributed by atoms with Crippen LogP contribution >= 0.6 is 15.9 Å². The Morgan fingerprint density at radius 3 is 1.30 bits per heavy atom. The van der Waals surface area contributed by atoms with E-state index in [1.54, 1.807) is 0 Å². The Hall–Kier alpha value is 0.0600. The van der Waals surface area contributed by atoms with Gasteiger partial charge in [-0.3, -0.25) is 0 Å². The molecule has 1 radical (unpaired) electrons. The highest BCUT2D eigenvalue weighted by molar-refractivity contribution is 9.10. The molecule has 0 amide bonds. The average Bonchev–Trinajstić information content (AvgIpc) is 1.62. The third-order valence-corrected chi connectivity index (χ3v) is 1.09. The third kappa shape index (κ3) is 1.77. The molecule has 0 aromatic rings. The van der Waals surface area contributed by atoms with Crippen LogP contribution in [-0.4, -0.2) is 10.8 Å². The van der Waals surface area contributed by atoms with Gasteiger partial charge in [0.05, 0.1) is 0 Å². The van der Waals surface area contributed by atoms with Crippen molar-refractivity contribution in [1.29, 1.82) is 0 Å². The molecule has 0 N–H and O–H groups in total. The Kier molecular flexibility index (Phi) is 2.61. The monoisotopic (exact) mass is 229 g/mol. The second-order valence-electron chi connectivity index (χ2n) is 1.33. The van der Waals surface area contributed by atoms with Crippen LogP contribution in [0.4, 0.5) is 26.3 Å². The fourth-order valence-corrected chi connectivity index (χ4v) is 0.257. The highest BCUT2D eigenvalue weighted by Gasteiger charge is 2.62. The van der Waals surface area contributed by atoms with Crippen LogP contribution < -0.4 is 0 Å². The van der Waals surface area contributed by atoms with E-state index < -0.39 is 17.2 Å². The molecule has 0 aromatic heterocycles. The summed E-state index contributed by atoms with van der Waals surface area (Å²) < 4.78 is 67.7. The summed E-state index contributed by atoms with van der Waals surface area (Å²) in [6, 6.07) is 0. The Morgan fingerprint density at radius 1 is 1.00 bits per heavy atom. The van der Waals surface area contributed by atoms with E-state index in [1.807, 2.05) is 0 Å². The van der Waals surface area contributed by atoms with E-state index in [0.717, 1.165) is 15.9 Å². The average molecular weight is 230 g/mol. The van der Waals surface area contributed by atoms with Crippen LogP contribution in [0.2, 0.25) is 0 Å². The summed E-state index contributed by atoms with van der Waals surface area (Å²) in [4.78, 5) is -4.89. The van der Waals surface area contributed by atoms with E-state index in [1.165, 1.54) is 0 Å². The van der Waals surface area contributed by atoms with E-state index in [4.69, 9.17) is 0 Å². The van der Waals surface area contributed by atoms with Gasteiger partial charge in [-0.2, -0.15) is 26.3 Å². The summed E-state index contributed by atoms with van der Waals surface area (Å²) in [6.45, 7) is 0. The van der Waals surface area contributed by atoms with Crippen molar-refractivity contribution in [3.63, 3.8) is 0 Å². The van der Waals surface area contributed by atoms with E-state index in [0.29, 0.717) is 0 Å². The normalized spacial score (nSPS) is 14.4. The summed E-state index contributed by atoms with van der Waals surface area (Å²) in [6.07, 6.45) is -3.62. The molecule has 0 saturated carbocycles. The molecule has 0 nitrogen and oxygen atoms in total. The van der Waals surface area contributed by atoms with Crippen molar-refractivity contribution in [1.82, 2.24) is 0 Å². The zero-order chi connectivity index (χ0) is 8.58. The van der Waals surface area contributed by atoms with E-state index in [9.17, 15) is 26.3 Å². The molecule has 0 atom stereocenters. The summed E-state index contributed by atoms with van der Waals surface area (Å²) in [5.74, 6) is -5.40. The van der Waals surface area contributed by atoms with Crippen molar-refractivity contribution in [2.75, 3.05) is 0 Å². The number of hydrogen-bond acceptors (Lipinski definition) is 0. The fraction of sp³-hybridized carbons (Fsp3) is 0.667. The minimum atomic E-state index is -5.40. The molecule has 7 heteroatoms. The van der Waals surface area contributed by atoms with Gasteiger partial charge in [0.2, 0.25) is 0 Å². The molecule has 0 aromatic carbocycles. The molecular formula is C3BrF6. The first-order chi connectivity index (χ1) is 4.19. The van der Waals surface area contributed by atoms with Gasteiger partial charge in [-0.1, -0.05) is 0 Å². The number of hydrogen-bond donors (Lipinski definition) is 0. The molecule has 0 fully saturated rings. The molecule has 0 heterocycles. The second-order valence-corrected chi connectivity index (χ2v) is 2.33. The highest BCUT2D eigenvalue weighted by Crippen LogP contribution is 2.46. The lowest BCUT2D eigenvalue weighted by Crippen LogP contribution is -2.37. The molecule has 61 valence electrons. The summed E-state index contributed by atoms with van der Waals surface area (Å²) in [5.41, 5.74) is 0. The van der Waals surface area contributed by atoms with Gasteiger partial charge in [-0.05, 0) is 15.9 Å². The predicted molar refractivity (Wildman–Crippen MR) is 24.3 cm³/mol. The summed E-state index contributed by atoms with van der Waals surface area (Å²) >= 11 is 1.12. The summed E-state index contributed by atoms with van der Waals surface area (Å²) in [7, 11) is 0. The molecule has 0 aliphatic rings. The smallest absolute Gasteiger partial charge is 0.192 e. The van der Waals surface area contributed by atoms with Gasteiger partial charge in [-0.25, -0.2) is 0 Å². The molecule has 0 spiro atoms. The molecule has 0 aliphatic heterocycles. The van der Waals surface area contributed by atoms with E-state index in [2.05, 4.69) is 0 Å². The first-order valence-electron chi connectivity index (χ1n) is 1.82. The van der Waals surface area contributed by atoms with Gasteiger partial charge < -0.3 is 0 Å². The molecular weight excluding hydrogens is 230 g/mol. The maximum absolute atomic E-state index is 11.5. The lowest BCUT2D eigenvalue weighted by molar-refractivity contribution is -0.174. The summed E-state index contributed by atoms with van der Waals surface area (Å²) in [5, 5.41) is 0. The Bertz CT molecular complexity index is 115. The quantitative estimate of drug-likeness (QED) is 0.505. The third-order valence-electron chi connectivity index (χ3n) is 0.593. The van der Waals surface area contributed by atoms with Crippen LogP contribution in [0.1, 0.15) is 0 Å². The minimum absolute atomic E-state index is 1.12. The second kappa shape index (κ2) is 2.60. The van der Waals surface area contributed by atoms with Crippen molar-refractivity contribution in [2.45, 2.75) is 10.8 Å². The Morgan fingerprint density at radius 2 is 1.30 bits per heavy atom. The van der Waals surface area contributed by atoms with Gasteiger partial charge >= 0.3 is 17.2 Å². The van der Waals surface area contributed by atoms with Crippen LogP contribution in [0.25, 0.3) is 0 Å². The standard InChI is InChI=1S/C3BrF6/c4-3(9,10)2(7,8)1(5)6. The Balaban J connectivity index is 4.40. The lowest BCUT2D eigenvalue weighted by Gasteiger charge is -2.18. The predicted octanol–water partition coefficient (Wildman–Crippen LogP) is 3.04. The Labute approximate surface area is 60.3 Å². The fourth-order valence-electron chi connectivity index (χ4n) is 0.107. The van der Waals surface area contributed by atoms with Crippen LogP contribution in [0.3, 0.4) is 0 Å². The van der Waals surface area contributed by atoms with Gasteiger partial charge in [0.25, 0.3) is 0 Å². The van der Waals surface area contributed by atoms with Gasteiger partial charge in [0.1, 0.15) is 0 Å². The topological polar surface area (TPSA) is 0 Å². The number of rotatable bonds is 2. The number of halogens is 7. The van der Waals surface area contributed by atoms with Gasteiger partial charge in [0, 0.05) is 0 Å². The molecule has 0 aliphatic carbocycles. The van der Waals surface area contributed by atoms with Crippen molar-refractivity contribution in [2.24, 2.45) is 0 Å². The molecule has 0 saturated heterocycles. The highest BCUT2D eigenvalue weighted by atomic mass is 79.9. The first kappa shape index (κ1) is 10.1. The van der Waals surface area contributed by atoms with Gasteiger partial charge in [0.15, 0.2) is 0 Å². The maximum Gasteiger partial charge on any atom is 0.388 e. The largest absolute Gasteiger partial charge is 0.388 e. The van der Waals surface area contributed by atoms with E-state index >= 15 is 0 Å². The molecule has 0 unspecified atom stereocenters. The molecule has 10 heavy (non-hydrogen) atoms. The van der Waals surface area contributed by atoms with Crippen LogP contribution in [0, 0.1) is 6.43 Å². The number of alkyl halides is 5. The van der Waals surface area contributed by atoms with Crippen molar-refractivity contribution < 1.29 is 26.3 Å². The lowest BCUT2D eigenvalue weighted by atomic mass is 10.4. The van der Waals surface area contributed by atoms with Crippen molar-refractivity contribution >= 4 is 15.9 Å². The molecule has 0 rings (SSSR count). The zero-order valence-corrected chi connectivity index (χ0v) is 5.73. The minimum Gasteiger partial charge on any atom is -0.192 e. The van der Waals surface area contributed by atoms with Crippen LogP contribution in [0.5, 0.6) is 0 Å². The van der Waals surface area contributed by atoms with Crippen LogP contribution in [0.15, 0.2) is 0 Å². The van der Waals surface area contributed by atoms with Crippen LogP contribution in [-0.2, 0) is 0 Å². The maximum atomic E-state index is 11.5. The van der Waals surface area contributed by atoms with Crippen molar-refractivity contribution in [3.05, 3.63) is 6.43 Å². The van der Waals surface area contributed by atoms with Crippen molar-refractivity contribution in [3.8, 4) is 0 Å². The SMILES string of the molecule is F[C](F)C(F)(F)C(F)(F)Br. The zero-order valence-electron chi connectivity index (χ0n) is 4.15. The first-order valence-corrected chi connectivity index (χ1v) is 2.62.